The number of nitrogens with one attached hydrogen (secondary N) is 2. The zero-order valence-electron chi connectivity index (χ0n) is 16.2. The largest absolute Gasteiger partial charge is 0.352 e. The summed E-state index contributed by atoms with van der Waals surface area (Å²) in [5.41, 5.74) is 2.34. The minimum absolute atomic E-state index is 0.0524. The van der Waals surface area contributed by atoms with Crippen LogP contribution in [0.15, 0.2) is 71.6 Å². The molecule has 1 amide bonds. The van der Waals surface area contributed by atoms with E-state index < -0.39 is 15.8 Å². The van der Waals surface area contributed by atoms with Gasteiger partial charge in [-0.05, 0) is 66.1 Å². The van der Waals surface area contributed by atoms with Gasteiger partial charge in [0.1, 0.15) is 11.6 Å². The van der Waals surface area contributed by atoms with Crippen molar-refractivity contribution in [2.45, 2.75) is 24.8 Å². The van der Waals surface area contributed by atoms with Crippen LogP contribution in [0.25, 0.3) is 0 Å². The van der Waals surface area contributed by atoms with Crippen molar-refractivity contribution in [2.75, 3.05) is 4.72 Å². The monoisotopic (exact) mass is 430 g/mol. The fourth-order valence-corrected chi connectivity index (χ4v) is 3.84. The van der Waals surface area contributed by atoms with E-state index in [-0.39, 0.29) is 29.6 Å². The number of halogens is 2. The lowest BCUT2D eigenvalue weighted by molar-refractivity contribution is -0.120. The fourth-order valence-electron chi connectivity index (χ4n) is 2.78. The normalized spacial score (nSPS) is 11.2. The maximum Gasteiger partial charge on any atom is 0.261 e. The molecule has 30 heavy (non-hydrogen) atoms. The summed E-state index contributed by atoms with van der Waals surface area (Å²) in [5.74, 6) is -1.03. The highest BCUT2D eigenvalue weighted by Gasteiger charge is 2.14. The summed E-state index contributed by atoms with van der Waals surface area (Å²) in [6.45, 7) is 1.95. The molecule has 0 saturated heterocycles. The molecule has 0 bridgehead atoms. The van der Waals surface area contributed by atoms with E-state index in [1.807, 2.05) is 0 Å². The number of sulfonamides is 1. The van der Waals surface area contributed by atoms with Gasteiger partial charge in [0.25, 0.3) is 10.0 Å². The van der Waals surface area contributed by atoms with Crippen molar-refractivity contribution in [1.29, 1.82) is 0 Å². The predicted octanol–water partition coefficient (Wildman–Crippen LogP) is 3.93. The second-order valence-corrected chi connectivity index (χ2v) is 8.48. The van der Waals surface area contributed by atoms with Gasteiger partial charge < -0.3 is 5.32 Å². The molecule has 0 aromatic heterocycles. The minimum Gasteiger partial charge on any atom is -0.352 e. The maximum absolute atomic E-state index is 13.3. The third-order valence-electron chi connectivity index (χ3n) is 4.41. The van der Waals surface area contributed by atoms with Gasteiger partial charge in [-0.3, -0.25) is 9.52 Å². The molecule has 2 N–H and O–H groups in total. The van der Waals surface area contributed by atoms with Crippen LogP contribution in [0.4, 0.5) is 14.5 Å². The minimum atomic E-state index is -3.83. The van der Waals surface area contributed by atoms with Gasteiger partial charge >= 0.3 is 0 Å². The van der Waals surface area contributed by atoms with E-state index in [9.17, 15) is 22.0 Å². The van der Waals surface area contributed by atoms with Crippen molar-refractivity contribution >= 4 is 21.6 Å². The first-order valence-electron chi connectivity index (χ1n) is 9.12. The van der Waals surface area contributed by atoms with Crippen LogP contribution in [0.2, 0.25) is 0 Å². The third kappa shape index (κ3) is 5.64. The molecule has 0 atom stereocenters. The standard InChI is InChI=1S/C22H20F2N2O3S/c1-15-12-17(4-11-21(15)24)14-25-22(27)13-16-2-7-19(8-3-16)26-30(28,29)20-9-5-18(23)6-10-20/h2-12,26H,13-14H2,1H3,(H,25,27). The second-order valence-electron chi connectivity index (χ2n) is 6.79. The number of hydrogen-bond donors (Lipinski definition) is 2. The third-order valence-corrected chi connectivity index (χ3v) is 5.80. The molecule has 3 rings (SSSR count). The Morgan fingerprint density at radius 3 is 2.17 bits per heavy atom. The molecule has 0 heterocycles. The molecule has 5 nitrogen and oxygen atoms in total. The van der Waals surface area contributed by atoms with Crippen molar-refractivity contribution < 1.29 is 22.0 Å². The number of benzene rings is 3. The number of hydrogen-bond acceptors (Lipinski definition) is 3. The molecule has 3 aromatic carbocycles. The van der Waals surface area contributed by atoms with Gasteiger partial charge in [-0.25, -0.2) is 17.2 Å². The predicted molar refractivity (Wildman–Crippen MR) is 110 cm³/mol. The van der Waals surface area contributed by atoms with Crippen LogP contribution in [-0.4, -0.2) is 14.3 Å². The first kappa shape index (κ1) is 21.4. The van der Waals surface area contributed by atoms with E-state index in [0.29, 0.717) is 16.8 Å². The van der Waals surface area contributed by atoms with Crippen molar-refractivity contribution in [3.05, 3.63) is 95.1 Å². The van der Waals surface area contributed by atoms with Gasteiger partial charge in [0.15, 0.2) is 0 Å². The Labute approximate surface area is 173 Å². The molecule has 8 heteroatoms. The van der Waals surface area contributed by atoms with E-state index in [2.05, 4.69) is 10.0 Å². The summed E-state index contributed by atoms with van der Waals surface area (Å²) in [5, 5.41) is 2.77. The van der Waals surface area contributed by atoms with E-state index in [1.54, 1.807) is 43.3 Å². The Kier molecular flexibility index (Phi) is 6.47. The average molecular weight is 430 g/mol. The molecule has 0 aliphatic rings. The SMILES string of the molecule is Cc1cc(CNC(=O)Cc2ccc(NS(=O)(=O)c3ccc(F)cc3)cc2)ccc1F. The number of rotatable bonds is 7. The molecule has 0 aliphatic carbocycles. The topological polar surface area (TPSA) is 75.3 Å². The maximum atomic E-state index is 13.3. The smallest absolute Gasteiger partial charge is 0.261 e. The first-order valence-corrected chi connectivity index (χ1v) is 10.6. The van der Waals surface area contributed by atoms with Gasteiger partial charge in [0.2, 0.25) is 5.91 Å². The zero-order chi connectivity index (χ0) is 21.7. The van der Waals surface area contributed by atoms with Gasteiger partial charge in [-0.2, -0.15) is 0 Å². The second kappa shape index (κ2) is 9.04. The van der Waals surface area contributed by atoms with Crippen LogP contribution in [0.5, 0.6) is 0 Å². The van der Waals surface area contributed by atoms with Crippen molar-refractivity contribution in [3.8, 4) is 0 Å². The molecule has 0 radical (unpaired) electrons. The highest BCUT2D eigenvalue weighted by atomic mass is 32.2. The number of amides is 1. The van der Waals surface area contributed by atoms with Crippen LogP contribution in [-0.2, 0) is 27.8 Å². The molecular formula is C22H20F2N2O3S. The van der Waals surface area contributed by atoms with Crippen LogP contribution in [0.1, 0.15) is 16.7 Å². The van der Waals surface area contributed by atoms with Crippen molar-refractivity contribution in [3.63, 3.8) is 0 Å². The highest BCUT2D eigenvalue weighted by molar-refractivity contribution is 7.92. The summed E-state index contributed by atoms with van der Waals surface area (Å²) in [4.78, 5) is 12.1. The molecule has 0 aliphatic heterocycles. The summed E-state index contributed by atoms with van der Waals surface area (Å²) < 4.78 is 53.3. The summed E-state index contributed by atoms with van der Waals surface area (Å²) in [6.07, 6.45) is 0.116. The van der Waals surface area contributed by atoms with E-state index in [0.717, 1.165) is 17.7 Å². The van der Waals surface area contributed by atoms with E-state index >= 15 is 0 Å². The molecule has 3 aromatic rings. The summed E-state index contributed by atoms with van der Waals surface area (Å²) in [6, 6.07) is 15.5. The summed E-state index contributed by atoms with van der Waals surface area (Å²) >= 11 is 0. The average Bonchev–Trinajstić information content (AvgIpc) is 2.70. The van der Waals surface area contributed by atoms with Crippen molar-refractivity contribution in [1.82, 2.24) is 5.32 Å². The van der Waals surface area contributed by atoms with Crippen LogP contribution < -0.4 is 10.0 Å². The van der Waals surface area contributed by atoms with Gasteiger partial charge in [-0.1, -0.05) is 24.3 Å². The summed E-state index contributed by atoms with van der Waals surface area (Å²) in [7, 11) is -3.83. The lowest BCUT2D eigenvalue weighted by Crippen LogP contribution is -2.24. The number of anilines is 1. The first-order chi connectivity index (χ1) is 14.2. The Morgan fingerprint density at radius 1 is 0.900 bits per heavy atom. The molecular weight excluding hydrogens is 410 g/mol. The Bertz CT molecular complexity index is 1150. The Balaban J connectivity index is 1.56. The molecule has 156 valence electrons. The lowest BCUT2D eigenvalue weighted by atomic mass is 10.1. The van der Waals surface area contributed by atoms with E-state index in [1.165, 1.54) is 18.2 Å². The van der Waals surface area contributed by atoms with Gasteiger partial charge in [0, 0.05) is 12.2 Å². The van der Waals surface area contributed by atoms with Crippen molar-refractivity contribution in [2.24, 2.45) is 0 Å². The zero-order valence-corrected chi connectivity index (χ0v) is 17.0. The fraction of sp³-hybridized carbons (Fsp3) is 0.136. The van der Waals surface area contributed by atoms with Crippen LogP contribution in [0, 0.1) is 18.6 Å². The molecule has 0 unspecified atom stereocenters. The Hall–Kier alpha value is -3.26. The van der Waals surface area contributed by atoms with Gasteiger partial charge in [-0.15, -0.1) is 0 Å². The quantitative estimate of drug-likeness (QED) is 0.596. The molecule has 0 spiro atoms. The van der Waals surface area contributed by atoms with Gasteiger partial charge in [0.05, 0.1) is 11.3 Å². The van der Waals surface area contributed by atoms with Crippen LogP contribution in [0.3, 0.4) is 0 Å². The number of carbonyl (C=O) groups is 1. The molecule has 0 saturated carbocycles. The van der Waals surface area contributed by atoms with E-state index in [4.69, 9.17) is 0 Å². The molecule has 0 fully saturated rings. The lowest BCUT2D eigenvalue weighted by Gasteiger charge is -2.10. The number of aryl methyl sites for hydroxylation is 1. The number of carbonyl (C=O) groups excluding carboxylic acids is 1. The highest BCUT2D eigenvalue weighted by Crippen LogP contribution is 2.17. The Morgan fingerprint density at radius 2 is 1.53 bits per heavy atom. The van der Waals surface area contributed by atoms with Crippen LogP contribution >= 0.6 is 0 Å².